The van der Waals surface area contributed by atoms with Crippen molar-refractivity contribution in [3.8, 4) is 5.88 Å². The first-order valence-corrected chi connectivity index (χ1v) is 6.14. The van der Waals surface area contributed by atoms with Gasteiger partial charge in [-0.25, -0.2) is 4.79 Å². The first-order chi connectivity index (χ1) is 9.58. The smallest absolute Gasteiger partial charge is 0.404 e. The zero-order valence-electron chi connectivity index (χ0n) is 11.4. The zero-order valence-corrected chi connectivity index (χ0v) is 11.4. The molecule has 1 aromatic heterocycles. The van der Waals surface area contributed by atoms with Crippen molar-refractivity contribution in [1.82, 2.24) is 10.1 Å². The van der Waals surface area contributed by atoms with Gasteiger partial charge in [0.2, 0.25) is 0 Å². The second kappa shape index (κ2) is 6.25. The maximum atomic E-state index is 10.6. The highest BCUT2D eigenvalue weighted by atomic mass is 16.6. The van der Waals surface area contributed by atoms with Gasteiger partial charge in [0, 0.05) is 0 Å². The maximum Gasteiger partial charge on any atom is 0.404 e. The molecule has 7 nitrogen and oxygen atoms in total. The molecule has 0 aliphatic carbocycles. The average Bonchev–Trinajstić information content (AvgIpc) is 2.81. The van der Waals surface area contributed by atoms with Gasteiger partial charge in [0.05, 0.1) is 11.4 Å². The molecule has 20 heavy (non-hydrogen) atoms. The number of nitrogens with two attached hydrogens (primary N) is 1. The molecule has 1 aromatic carbocycles. The van der Waals surface area contributed by atoms with E-state index < -0.39 is 6.09 Å². The van der Waals surface area contributed by atoms with Crippen LogP contribution < -0.4 is 10.5 Å². The molecule has 0 saturated heterocycles. The molecule has 0 saturated carbocycles. The Kier molecular flexibility index (Phi) is 4.41. The van der Waals surface area contributed by atoms with Crippen molar-refractivity contribution in [3.63, 3.8) is 0 Å². The number of ether oxygens (including phenoxy) is 2. The molecule has 1 unspecified atom stereocenters. The van der Waals surface area contributed by atoms with E-state index in [-0.39, 0.29) is 12.6 Å². The van der Waals surface area contributed by atoms with Gasteiger partial charge in [-0.15, -0.1) is 0 Å². The van der Waals surface area contributed by atoms with Crippen molar-refractivity contribution in [3.05, 3.63) is 24.3 Å². The predicted molar refractivity (Wildman–Crippen MR) is 72.5 cm³/mol. The highest BCUT2D eigenvalue weighted by Crippen LogP contribution is 2.24. The maximum absolute atomic E-state index is 10.6. The highest BCUT2D eigenvalue weighted by Gasteiger charge is 2.16. The van der Waals surface area contributed by atoms with E-state index in [4.69, 9.17) is 19.7 Å². The molecule has 2 rings (SSSR count). The van der Waals surface area contributed by atoms with Crippen LogP contribution in [-0.2, 0) is 4.74 Å². The number of carbonyl (C=O) groups is 1. The third-order valence-electron chi connectivity index (χ3n) is 2.91. The van der Waals surface area contributed by atoms with Gasteiger partial charge >= 0.3 is 6.09 Å². The van der Waals surface area contributed by atoms with E-state index in [0.29, 0.717) is 18.1 Å². The van der Waals surface area contributed by atoms with Gasteiger partial charge in [0.15, 0.2) is 5.58 Å². The summed E-state index contributed by atoms with van der Waals surface area (Å²) in [6.07, 6.45) is -0.802. The minimum Gasteiger partial charge on any atom is -0.473 e. The van der Waals surface area contributed by atoms with Crippen LogP contribution in [-0.4, -0.2) is 49.5 Å². The van der Waals surface area contributed by atoms with E-state index in [1.54, 1.807) is 0 Å². The number of primary amides is 1. The second-order valence-electron chi connectivity index (χ2n) is 4.54. The number of hydrogen-bond acceptors (Lipinski definition) is 6. The van der Waals surface area contributed by atoms with Crippen LogP contribution in [0.15, 0.2) is 28.8 Å². The molecule has 7 heteroatoms. The molecule has 108 valence electrons. The molecule has 0 fully saturated rings. The summed E-state index contributed by atoms with van der Waals surface area (Å²) in [6, 6.07) is 7.30. The molecular weight excluding hydrogens is 262 g/mol. The molecule has 1 amide bonds. The number of benzene rings is 1. The SMILES string of the molecule is CN(C)C(COC(N)=O)COc1noc2ccccc12. The lowest BCUT2D eigenvalue weighted by molar-refractivity contribution is 0.0901. The first-order valence-electron chi connectivity index (χ1n) is 6.14. The Morgan fingerprint density at radius 3 is 2.85 bits per heavy atom. The molecule has 0 aliphatic rings. The fraction of sp³-hybridized carbons (Fsp3) is 0.385. The summed E-state index contributed by atoms with van der Waals surface area (Å²) in [7, 11) is 3.72. The van der Waals surface area contributed by atoms with Crippen molar-refractivity contribution < 1.29 is 18.8 Å². The van der Waals surface area contributed by atoms with Gasteiger partial charge < -0.3 is 24.6 Å². The molecule has 1 heterocycles. The number of aromatic nitrogens is 1. The highest BCUT2D eigenvalue weighted by molar-refractivity contribution is 5.81. The second-order valence-corrected chi connectivity index (χ2v) is 4.54. The Bertz CT molecular complexity index is 582. The van der Waals surface area contributed by atoms with Gasteiger partial charge in [0.25, 0.3) is 5.88 Å². The van der Waals surface area contributed by atoms with E-state index in [2.05, 4.69) is 5.16 Å². The molecule has 1 atom stereocenters. The third kappa shape index (κ3) is 3.39. The Hall–Kier alpha value is -2.28. The van der Waals surface area contributed by atoms with Crippen molar-refractivity contribution in [2.75, 3.05) is 27.3 Å². The van der Waals surface area contributed by atoms with Gasteiger partial charge in [-0.2, -0.15) is 0 Å². The van der Waals surface area contributed by atoms with Gasteiger partial charge in [-0.3, -0.25) is 0 Å². The minimum absolute atomic E-state index is 0.127. The van der Waals surface area contributed by atoms with Gasteiger partial charge in [-0.1, -0.05) is 12.1 Å². The molecule has 2 N–H and O–H groups in total. The minimum atomic E-state index is -0.802. The van der Waals surface area contributed by atoms with Crippen LogP contribution in [0.5, 0.6) is 5.88 Å². The number of para-hydroxylation sites is 1. The summed E-state index contributed by atoms with van der Waals surface area (Å²) >= 11 is 0. The summed E-state index contributed by atoms with van der Waals surface area (Å²) in [5.74, 6) is 0.423. The van der Waals surface area contributed by atoms with Crippen molar-refractivity contribution in [2.45, 2.75) is 6.04 Å². The topological polar surface area (TPSA) is 90.8 Å². The van der Waals surface area contributed by atoms with Crippen molar-refractivity contribution >= 4 is 17.1 Å². The number of hydrogen-bond donors (Lipinski definition) is 1. The molecule has 0 aliphatic heterocycles. The predicted octanol–water partition coefficient (Wildman–Crippen LogP) is 1.23. The normalized spacial score (nSPS) is 12.6. The van der Waals surface area contributed by atoms with E-state index in [1.165, 1.54) is 0 Å². The molecule has 0 bridgehead atoms. The van der Waals surface area contributed by atoms with Crippen LogP contribution in [0.4, 0.5) is 4.79 Å². The largest absolute Gasteiger partial charge is 0.473 e. The Morgan fingerprint density at radius 2 is 2.15 bits per heavy atom. The van der Waals surface area contributed by atoms with Crippen LogP contribution in [0.3, 0.4) is 0 Å². The van der Waals surface area contributed by atoms with E-state index in [9.17, 15) is 4.79 Å². The summed E-state index contributed by atoms with van der Waals surface area (Å²) in [5, 5.41) is 4.68. The first kappa shape index (κ1) is 14.1. The van der Waals surface area contributed by atoms with Crippen LogP contribution in [0.2, 0.25) is 0 Å². The summed E-state index contributed by atoms with van der Waals surface area (Å²) in [6.45, 7) is 0.453. The quantitative estimate of drug-likeness (QED) is 0.855. The molecule has 0 spiro atoms. The average molecular weight is 279 g/mol. The monoisotopic (exact) mass is 279 g/mol. The fourth-order valence-corrected chi connectivity index (χ4v) is 1.67. The van der Waals surface area contributed by atoms with Gasteiger partial charge in [0.1, 0.15) is 13.2 Å². The Morgan fingerprint density at radius 1 is 1.40 bits per heavy atom. The van der Waals surface area contributed by atoms with Crippen LogP contribution in [0.1, 0.15) is 0 Å². The molecular formula is C13H17N3O4. The van der Waals surface area contributed by atoms with Crippen molar-refractivity contribution in [1.29, 1.82) is 0 Å². The Balaban J connectivity index is 2.00. The van der Waals surface area contributed by atoms with E-state index in [0.717, 1.165) is 5.39 Å². The lowest BCUT2D eigenvalue weighted by atomic mass is 10.2. The Labute approximate surface area is 116 Å². The number of amides is 1. The van der Waals surface area contributed by atoms with Crippen LogP contribution in [0.25, 0.3) is 11.0 Å². The summed E-state index contributed by atoms with van der Waals surface area (Å²) in [5.41, 5.74) is 5.62. The number of carbonyl (C=O) groups excluding carboxylic acids is 1. The fourth-order valence-electron chi connectivity index (χ4n) is 1.67. The van der Waals surface area contributed by atoms with Gasteiger partial charge in [-0.05, 0) is 31.4 Å². The lowest BCUT2D eigenvalue weighted by Gasteiger charge is -2.22. The number of likely N-dealkylation sites (N-methyl/N-ethyl adjacent to an activating group) is 1. The van der Waals surface area contributed by atoms with Crippen LogP contribution >= 0.6 is 0 Å². The zero-order chi connectivity index (χ0) is 14.5. The van der Waals surface area contributed by atoms with Crippen LogP contribution in [0, 0.1) is 0 Å². The third-order valence-corrected chi connectivity index (χ3v) is 2.91. The lowest BCUT2D eigenvalue weighted by Crippen LogP contribution is -2.39. The number of nitrogens with zero attached hydrogens (tertiary/aromatic N) is 2. The van der Waals surface area contributed by atoms with Crippen molar-refractivity contribution in [2.24, 2.45) is 5.73 Å². The molecule has 2 aromatic rings. The summed E-state index contributed by atoms with van der Waals surface area (Å²) < 4.78 is 15.6. The van der Waals surface area contributed by atoms with E-state index >= 15 is 0 Å². The van der Waals surface area contributed by atoms with E-state index in [1.807, 2.05) is 43.3 Å². The summed E-state index contributed by atoms with van der Waals surface area (Å²) in [4.78, 5) is 12.5. The molecule has 0 radical (unpaired) electrons. The number of fused-ring (bicyclic) bond motifs is 1. The number of rotatable bonds is 6. The standard InChI is InChI=1S/C13H17N3O4/c1-16(2)9(8-19-13(14)17)7-18-12-10-5-3-4-6-11(10)20-15-12/h3-6,9H,7-8H2,1-2H3,(H2,14,17).